The van der Waals surface area contributed by atoms with Gasteiger partial charge in [-0.15, -0.1) is 0 Å². The predicted octanol–water partition coefficient (Wildman–Crippen LogP) is 2.00. The average Bonchev–Trinajstić information content (AvgIpc) is 2.34. The lowest BCUT2D eigenvalue weighted by Gasteiger charge is -2.12. The molecule has 0 bridgehead atoms. The van der Waals surface area contributed by atoms with Crippen molar-refractivity contribution in [2.24, 2.45) is 0 Å². The van der Waals surface area contributed by atoms with E-state index in [0.717, 1.165) is 6.54 Å². The zero-order valence-electron chi connectivity index (χ0n) is 10.7. The topological polar surface area (TPSA) is 67.4 Å². The smallest absolute Gasteiger partial charge is 0.244 e. The van der Waals surface area contributed by atoms with Gasteiger partial charge in [-0.2, -0.15) is 0 Å². The highest BCUT2D eigenvalue weighted by atomic mass is 79.9. The zero-order valence-corrected chi connectivity index (χ0v) is 13.8. The Balaban J connectivity index is 3.00. The second-order valence-corrected chi connectivity index (χ2v) is 6.70. The molecule has 8 heteroatoms. The largest absolute Gasteiger partial charge is 0.494 e. The van der Waals surface area contributed by atoms with E-state index in [4.69, 9.17) is 16.3 Å². The molecule has 0 radical (unpaired) electrons. The maximum Gasteiger partial charge on any atom is 0.244 e. The Morgan fingerprint density at radius 1 is 1.37 bits per heavy atom. The summed E-state index contributed by atoms with van der Waals surface area (Å²) in [6, 6.07) is 2.94. The number of halogens is 2. The minimum Gasteiger partial charge on any atom is -0.494 e. The molecule has 0 aliphatic rings. The molecule has 0 unspecified atom stereocenters. The average molecular weight is 372 g/mol. The fraction of sp³-hybridized carbons (Fsp3) is 0.455. The molecule has 19 heavy (non-hydrogen) atoms. The Bertz CT molecular complexity index is 537. The van der Waals surface area contributed by atoms with Gasteiger partial charge in [0.05, 0.1) is 11.6 Å². The summed E-state index contributed by atoms with van der Waals surface area (Å²) in [6.45, 7) is 3.59. The SMILES string of the molecule is CCNCCNS(=O)(=O)c1cc(Cl)cc(Br)c1OC. The lowest BCUT2D eigenvalue weighted by Crippen LogP contribution is -2.32. The van der Waals surface area contributed by atoms with Gasteiger partial charge in [-0.05, 0) is 34.6 Å². The monoisotopic (exact) mass is 370 g/mol. The summed E-state index contributed by atoms with van der Waals surface area (Å²) in [6.07, 6.45) is 0. The number of hydrogen-bond acceptors (Lipinski definition) is 4. The van der Waals surface area contributed by atoms with Crippen LogP contribution >= 0.6 is 27.5 Å². The predicted molar refractivity (Wildman–Crippen MR) is 79.4 cm³/mol. The van der Waals surface area contributed by atoms with Crippen molar-refractivity contribution < 1.29 is 13.2 Å². The van der Waals surface area contributed by atoms with E-state index >= 15 is 0 Å². The Kier molecular flexibility index (Phi) is 6.55. The van der Waals surface area contributed by atoms with Gasteiger partial charge in [-0.1, -0.05) is 18.5 Å². The van der Waals surface area contributed by atoms with E-state index in [1.807, 2.05) is 6.92 Å². The van der Waals surface area contributed by atoms with Gasteiger partial charge < -0.3 is 10.1 Å². The van der Waals surface area contributed by atoms with Crippen LogP contribution in [0.4, 0.5) is 0 Å². The van der Waals surface area contributed by atoms with Crippen molar-refractivity contribution in [3.8, 4) is 5.75 Å². The standard InChI is InChI=1S/C11H16BrClN2O3S/c1-3-14-4-5-15-19(16,17)10-7-8(13)6-9(12)11(10)18-2/h6-7,14-15H,3-5H2,1-2H3. The number of ether oxygens (including phenoxy) is 1. The van der Waals surface area contributed by atoms with Crippen LogP contribution in [0.2, 0.25) is 5.02 Å². The first-order valence-electron chi connectivity index (χ1n) is 5.65. The summed E-state index contributed by atoms with van der Waals surface area (Å²) < 4.78 is 32.5. The van der Waals surface area contributed by atoms with Crippen LogP contribution in [0.15, 0.2) is 21.5 Å². The van der Waals surface area contributed by atoms with Crippen LogP contribution < -0.4 is 14.8 Å². The summed E-state index contributed by atoms with van der Waals surface area (Å²) in [5.41, 5.74) is 0. The van der Waals surface area contributed by atoms with E-state index in [1.165, 1.54) is 13.2 Å². The summed E-state index contributed by atoms with van der Waals surface area (Å²) >= 11 is 9.11. The number of nitrogens with one attached hydrogen (secondary N) is 2. The van der Waals surface area contributed by atoms with Gasteiger partial charge in [0.1, 0.15) is 4.90 Å². The molecule has 0 spiro atoms. The van der Waals surface area contributed by atoms with Crippen molar-refractivity contribution in [3.63, 3.8) is 0 Å². The van der Waals surface area contributed by atoms with E-state index in [0.29, 0.717) is 22.6 Å². The number of benzene rings is 1. The van der Waals surface area contributed by atoms with Gasteiger partial charge in [0.15, 0.2) is 5.75 Å². The summed E-state index contributed by atoms with van der Waals surface area (Å²) in [5.74, 6) is 0.236. The van der Waals surface area contributed by atoms with Crippen molar-refractivity contribution in [3.05, 3.63) is 21.6 Å². The Labute approximate surface area is 126 Å². The lowest BCUT2D eigenvalue weighted by molar-refractivity contribution is 0.399. The van der Waals surface area contributed by atoms with Crippen molar-refractivity contribution in [1.29, 1.82) is 0 Å². The van der Waals surface area contributed by atoms with Crippen LogP contribution in [0.3, 0.4) is 0 Å². The van der Waals surface area contributed by atoms with E-state index in [-0.39, 0.29) is 10.6 Å². The highest BCUT2D eigenvalue weighted by Crippen LogP contribution is 2.35. The lowest BCUT2D eigenvalue weighted by atomic mass is 10.3. The van der Waals surface area contributed by atoms with Crippen molar-refractivity contribution in [2.75, 3.05) is 26.7 Å². The first-order chi connectivity index (χ1) is 8.92. The normalized spacial score (nSPS) is 11.6. The van der Waals surface area contributed by atoms with Crippen LogP contribution in [0.1, 0.15) is 6.92 Å². The maximum atomic E-state index is 12.2. The van der Waals surface area contributed by atoms with Crippen LogP contribution in [-0.2, 0) is 10.0 Å². The van der Waals surface area contributed by atoms with Gasteiger partial charge in [0.2, 0.25) is 10.0 Å². The van der Waals surface area contributed by atoms with Crippen LogP contribution in [0.25, 0.3) is 0 Å². The number of hydrogen-bond donors (Lipinski definition) is 2. The molecule has 1 aromatic carbocycles. The third kappa shape index (κ3) is 4.61. The molecule has 0 atom stereocenters. The molecule has 0 aliphatic carbocycles. The van der Waals surface area contributed by atoms with Gasteiger partial charge in [0, 0.05) is 18.1 Å². The highest BCUT2D eigenvalue weighted by Gasteiger charge is 2.21. The molecule has 5 nitrogen and oxygen atoms in total. The molecule has 2 N–H and O–H groups in total. The first kappa shape index (κ1) is 16.7. The molecule has 0 saturated carbocycles. The summed E-state index contributed by atoms with van der Waals surface area (Å²) in [5, 5.41) is 3.35. The van der Waals surface area contributed by atoms with E-state index in [9.17, 15) is 8.42 Å². The molecule has 0 aliphatic heterocycles. The van der Waals surface area contributed by atoms with Gasteiger partial charge >= 0.3 is 0 Å². The molecule has 0 aromatic heterocycles. The highest BCUT2D eigenvalue weighted by molar-refractivity contribution is 9.10. The van der Waals surface area contributed by atoms with E-state index in [1.54, 1.807) is 6.07 Å². The zero-order chi connectivity index (χ0) is 14.5. The minimum absolute atomic E-state index is 0.0193. The van der Waals surface area contributed by atoms with Crippen LogP contribution in [0, 0.1) is 0 Å². The molecule has 0 fully saturated rings. The molecule has 108 valence electrons. The van der Waals surface area contributed by atoms with Crippen LogP contribution in [0.5, 0.6) is 5.75 Å². The van der Waals surface area contributed by atoms with Crippen molar-refractivity contribution in [2.45, 2.75) is 11.8 Å². The second kappa shape index (κ2) is 7.44. The van der Waals surface area contributed by atoms with Gasteiger partial charge in [-0.3, -0.25) is 0 Å². The molecular weight excluding hydrogens is 356 g/mol. The quantitative estimate of drug-likeness (QED) is 0.719. The number of likely N-dealkylation sites (N-methyl/N-ethyl adjacent to an activating group) is 1. The maximum absolute atomic E-state index is 12.2. The fourth-order valence-electron chi connectivity index (χ4n) is 1.46. The Morgan fingerprint density at radius 2 is 2.05 bits per heavy atom. The molecule has 0 saturated heterocycles. The Morgan fingerprint density at radius 3 is 2.63 bits per heavy atom. The van der Waals surface area contributed by atoms with Gasteiger partial charge in [0.25, 0.3) is 0 Å². The molecule has 1 aromatic rings. The minimum atomic E-state index is -3.66. The second-order valence-electron chi connectivity index (χ2n) is 3.67. The van der Waals surface area contributed by atoms with Crippen molar-refractivity contribution >= 4 is 37.6 Å². The third-order valence-corrected chi connectivity index (χ3v) is 4.59. The molecule has 1 rings (SSSR count). The Hall–Kier alpha value is -0.340. The number of methoxy groups -OCH3 is 1. The van der Waals surface area contributed by atoms with E-state index in [2.05, 4.69) is 26.0 Å². The van der Waals surface area contributed by atoms with E-state index < -0.39 is 10.0 Å². The molecule has 0 amide bonds. The van der Waals surface area contributed by atoms with Crippen molar-refractivity contribution in [1.82, 2.24) is 10.0 Å². The summed E-state index contributed by atoms with van der Waals surface area (Å²) in [7, 11) is -2.25. The third-order valence-electron chi connectivity index (χ3n) is 2.31. The van der Waals surface area contributed by atoms with Crippen LogP contribution in [-0.4, -0.2) is 35.2 Å². The fourth-order valence-corrected chi connectivity index (χ4v) is 3.88. The summed E-state index contributed by atoms with van der Waals surface area (Å²) in [4.78, 5) is 0.0193. The van der Waals surface area contributed by atoms with Gasteiger partial charge in [-0.25, -0.2) is 13.1 Å². The first-order valence-corrected chi connectivity index (χ1v) is 8.31. The number of rotatable bonds is 7. The molecule has 0 heterocycles. The number of sulfonamides is 1. The molecular formula is C11H16BrClN2O3S.